The third kappa shape index (κ3) is 7.04. The summed E-state index contributed by atoms with van der Waals surface area (Å²) >= 11 is 13.3. The van der Waals surface area contributed by atoms with E-state index in [1.807, 2.05) is 69.3 Å². The van der Waals surface area contributed by atoms with Gasteiger partial charge in [-0.15, -0.1) is 0 Å². The van der Waals surface area contributed by atoms with Crippen LogP contribution in [0.15, 0.2) is 48.5 Å². The van der Waals surface area contributed by atoms with Gasteiger partial charge in [0.05, 0.1) is 31.5 Å². The lowest BCUT2D eigenvalue weighted by Crippen LogP contribution is -2.54. The number of ether oxygens (including phenoxy) is 1. The molecule has 13 heteroatoms. The maximum Gasteiger partial charge on any atom is 0.410 e. The van der Waals surface area contributed by atoms with E-state index in [0.717, 1.165) is 41.1 Å². The maximum atomic E-state index is 12.8. The van der Waals surface area contributed by atoms with Crippen molar-refractivity contribution in [3.05, 3.63) is 70.5 Å². The second kappa shape index (κ2) is 13.1. The number of aromatic nitrogens is 4. The lowest BCUT2D eigenvalue weighted by molar-refractivity contribution is 0.0218. The summed E-state index contributed by atoms with van der Waals surface area (Å²) in [5, 5.41) is 11.0. The van der Waals surface area contributed by atoms with Gasteiger partial charge in [-0.05, 0) is 56.2 Å². The fourth-order valence-corrected chi connectivity index (χ4v) is 13.5. The average Bonchev–Trinajstić information content (AvgIpc) is 3.80. The Kier molecular flexibility index (Phi) is 9.41. The summed E-state index contributed by atoms with van der Waals surface area (Å²) in [6.45, 7) is 17.0. The monoisotopic (exact) mass is 736 g/mol. The van der Waals surface area contributed by atoms with Crippen LogP contribution < -0.4 is 0 Å². The summed E-state index contributed by atoms with van der Waals surface area (Å²) < 4.78 is 5.62. The number of aromatic amines is 2. The molecule has 2 aliphatic rings. The summed E-state index contributed by atoms with van der Waals surface area (Å²) in [6, 6.07) is 16.3. The Hall–Kier alpha value is -3.80. The highest BCUT2D eigenvalue weighted by atomic mass is 35.5. The molecule has 0 bridgehead atoms. The van der Waals surface area contributed by atoms with Gasteiger partial charge in [0.1, 0.15) is 17.2 Å². The van der Waals surface area contributed by atoms with Crippen molar-refractivity contribution in [2.24, 2.45) is 5.41 Å². The summed E-state index contributed by atoms with van der Waals surface area (Å²) in [5.74, 6) is 1.24. The number of likely N-dealkylation sites (tertiary alicyclic amines) is 1. The molecule has 0 saturated carbocycles. The molecule has 4 aromatic rings. The van der Waals surface area contributed by atoms with Gasteiger partial charge in [0.2, 0.25) is 0 Å². The van der Waals surface area contributed by atoms with Gasteiger partial charge in [0, 0.05) is 23.3 Å². The van der Waals surface area contributed by atoms with E-state index >= 15 is 0 Å². The molecule has 0 radical (unpaired) electrons. The van der Waals surface area contributed by atoms with Crippen LogP contribution in [0.2, 0.25) is 29.4 Å². The van der Waals surface area contributed by atoms with Crippen LogP contribution in [0.1, 0.15) is 78.1 Å². The van der Waals surface area contributed by atoms with Crippen LogP contribution in [0.3, 0.4) is 0 Å². The van der Waals surface area contributed by atoms with Gasteiger partial charge in [0.25, 0.3) is 0 Å². The topological polar surface area (TPSA) is 127 Å². The highest BCUT2D eigenvalue weighted by Gasteiger charge is 2.55. The molecule has 2 aromatic heterocycles. The van der Waals surface area contributed by atoms with Crippen LogP contribution in [0.5, 0.6) is 0 Å². The van der Waals surface area contributed by atoms with E-state index in [-0.39, 0.29) is 29.3 Å². The third-order valence-corrected chi connectivity index (χ3v) is 14.3. The largest absolute Gasteiger partial charge is 0.465 e. The Morgan fingerprint density at radius 3 is 1.72 bits per heavy atom. The average molecular weight is 738 g/mol. The Balaban J connectivity index is 1.19. The standard InChI is InChI=1S/C37H46Cl2N6O4Si/c1-36(2,3)33-45(34(46)47)26(20-50(33,7)8)32-41-28(30(39)43-32)24-17-13-22(14-18-24)21-11-15-23(16-12-21)27-29(38)42-31(40-27)25-10-9-19-44(25)35(48)49-37(4,5)6/h11-18,25-26,33H,9-10,19-20H2,1-8H3,(H,40,42)(H,41,43)(H,46,47)/t25-,26?,33+/m0/s1. The molecule has 1 unspecified atom stereocenters. The summed E-state index contributed by atoms with van der Waals surface area (Å²) in [5.41, 5.74) is 4.33. The number of hydrogen-bond donors (Lipinski definition) is 3. The lowest BCUT2D eigenvalue weighted by Gasteiger charge is -2.40. The summed E-state index contributed by atoms with van der Waals surface area (Å²) in [4.78, 5) is 44.7. The number of amides is 2. The van der Waals surface area contributed by atoms with Crippen molar-refractivity contribution in [1.29, 1.82) is 0 Å². The maximum absolute atomic E-state index is 12.8. The van der Waals surface area contributed by atoms with Crippen molar-refractivity contribution in [2.45, 2.75) is 96.9 Å². The molecule has 2 aromatic carbocycles. The second-order valence-corrected chi connectivity index (χ2v) is 21.9. The fourth-order valence-electron chi connectivity index (χ4n) is 8.01. The molecule has 2 fully saturated rings. The number of hydrogen-bond acceptors (Lipinski definition) is 5. The zero-order valence-electron chi connectivity index (χ0n) is 29.9. The first-order chi connectivity index (χ1) is 23.3. The molecule has 50 heavy (non-hydrogen) atoms. The zero-order valence-corrected chi connectivity index (χ0v) is 32.4. The predicted molar refractivity (Wildman–Crippen MR) is 200 cm³/mol. The SMILES string of the molecule is CC(C)(C)OC(=O)N1CCC[C@H]1c1nc(Cl)c(-c2ccc(-c3ccc(-c4[nH]c(C5C[Si](C)(C)[C@H](C(C)(C)C)N5C(=O)O)nc4Cl)cc3)cc2)[nH]1. The van der Waals surface area contributed by atoms with Crippen molar-refractivity contribution in [3.63, 3.8) is 0 Å². The van der Waals surface area contributed by atoms with E-state index in [0.29, 0.717) is 39.9 Å². The smallest absolute Gasteiger partial charge is 0.410 e. The number of nitrogens with one attached hydrogen (secondary N) is 2. The summed E-state index contributed by atoms with van der Waals surface area (Å²) in [7, 11) is -1.95. The number of benzene rings is 2. The molecule has 3 atom stereocenters. The molecule has 266 valence electrons. The highest BCUT2D eigenvalue weighted by molar-refractivity contribution is 6.80. The van der Waals surface area contributed by atoms with E-state index in [1.54, 1.807) is 9.80 Å². The van der Waals surface area contributed by atoms with Crippen LogP contribution in [0.4, 0.5) is 9.59 Å². The lowest BCUT2D eigenvalue weighted by atomic mass is 9.95. The first-order valence-electron chi connectivity index (χ1n) is 17.1. The number of carbonyl (C=O) groups is 2. The Morgan fingerprint density at radius 1 is 0.820 bits per heavy atom. The number of rotatable bonds is 5. The molecule has 0 aliphatic carbocycles. The van der Waals surface area contributed by atoms with Crippen molar-refractivity contribution < 1.29 is 19.4 Å². The van der Waals surface area contributed by atoms with E-state index in [2.05, 4.69) is 53.8 Å². The zero-order chi connectivity index (χ0) is 36.3. The van der Waals surface area contributed by atoms with Gasteiger partial charge in [-0.25, -0.2) is 19.6 Å². The van der Waals surface area contributed by atoms with Crippen molar-refractivity contribution >= 4 is 43.5 Å². The van der Waals surface area contributed by atoms with Gasteiger partial charge >= 0.3 is 12.2 Å². The quantitative estimate of drug-likeness (QED) is 0.175. The molecule has 2 amide bonds. The second-order valence-electron chi connectivity index (χ2n) is 16.2. The first kappa shape index (κ1) is 36.0. The fraction of sp³-hybridized carbons (Fsp3) is 0.459. The number of halogens is 2. The molecular formula is C37H46Cl2N6O4Si. The number of carboxylic acid groups (broad SMARTS) is 1. The normalized spacial score (nSPS) is 20.8. The minimum Gasteiger partial charge on any atom is -0.465 e. The number of carbonyl (C=O) groups excluding carboxylic acids is 1. The molecule has 4 heterocycles. The first-order valence-corrected chi connectivity index (χ1v) is 21.1. The Bertz CT molecular complexity index is 1890. The van der Waals surface area contributed by atoms with Gasteiger partial charge in [-0.1, -0.05) is 106 Å². The van der Waals surface area contributed by atoms with Gasteiger partial charge in [-0.3, -0.25) is 9.80 Å². The van der Waals surface area contributed by atoms with Crippen LogP contribution in [0, 0.1) is 5.41 Å². The van der Waals surface area contributed by atoms with E-state index in [9.17, 15) is 14.7 Å². The number of H-pyrrole nitrogens is 2. The van der Waals surface area contributed by atoms with Gasteiger partial charge in [0.15, 0.2) is 10.3 Å². The van der Waals surface area contributed by atoms with E-state index in [1.165, 1.54) is 0 Å². The van der Waals surface area contributed by atoms with Gasteiger partial charge in [-0.2, -0.15) is 0 Å². The molecule has 2 aliphatic heterocycles. The van der Waals surface area contributed by atoms with Crippen LogP contribution in [0.25, 0.3) is 33.6 Å². The molecule has 6 rings (SSSR count). The van der Waals surface area contributed by atoms with E-state index in [4.69, 9.17) is 27.9 Å². The van der Waals surface area contributed by atoms with Crippen molar-refractivity contribution in [2.75, 3.05) is 6.54 Å². The Morgan fingerprint density at radius 2 is 1.28 bits per heavy atom. The molecule has 2 saturated heterocycles. The third-order valence-electron chi connectivity index (χ3n) is 9.66. The van der Waals surface area contributed by atoms with Crippen molar-refractivity contribution in [3.8, 4) is 33.6 Å². The molecule has 10 nitrogen and oxygen atoms in total. The predicted octanol–water partition coefficient (Wildman–Crippen LogP) is 10.2. The van der Waals surface area contributed by atoms with Gasteiger partial charge < -0.3 is 19.8 Å². The highest BCUT2D eigenvalue weighted by Crippen LogP contribution is 2.48. The number of imidazole rings is 2. The molecule has 0 spiro atoms. The van der Waals surface area contributed by atoms with Crippen molar-refractivity contribution in [1.82, 2.24) is 29.7 Å². The molecule has 3 N–H and O–H groups in total. The minimum atomic E-state index is -1.95. The minimum absolute atomic E-state index is 0.0522. The summed E-state index contributed by atoms with van der Waals surface area (Å²) in [6.07, 6.45) is 0.367. The number of nitrogens with zero attached hydrogens (tertiary/aromatic N) is 4. The van der Waals surface area contributed by atoms with Crippen LogP contribution in [-0.2, 0) is 4.74 Å². The van der Waals surface area contributed by atoms with E-state index < -0.39 is 19.8 Å². The molecular weight excluding hydrogens is 691 g/mol. The van der Waals surface area contributed by atoms with Crippen LogP contribution in [-0.4, -0.2) is 72.9 Å². The van der Waals surface area contributed by atoms with Crippen LogP contribution >= 0.6 is 23.2 Å². The Labute approximate surface area is 304 Å².